The highest BCUT2D eigenvalue weighted by molar-refractivity contribution is 5.76. The van der Waals surface area contributed by atoms with Crippen LogP contribution >= 0.6 is 0 Å². The summed E-state index contributed by atoms with van der Waals surface area (Å²) in [5.74, 6) is 0.363. The third-order valence-corrected chi connectivity index (χ3v) is 1.91. The van der Waals surface area contributed by atoms with E-state index in [1.54, 1.807) is 18.9 Å². The van der Waals surface area contributed by atoms with E-state index < -0.39 is 0 Å². The van der Waals surface area contributed by atoms with Gasteiger partial charge in [-0.05, 0) is 19.8 Å². The van der Waals surface area contributed by atoms with Gasteiger partial charge in [-0.25, -0.2) is 0 Å². The van der Waals surface area contributed by atoms with Crippen LogP contribution < -0.4 is 0 Å². The highest BCUT2D eigenvalue weighted by Crippen LogP contribution is 1.98. The molecule has 3 nitrogen and oxygen atoms in total. The molecule has 0 spiro atoms. The predicted octanol–water partition coefficient (Wildman–Crippen LogP) is 1.61. The fraction of sp³-hybridized carbons (Fsp3) is 0.800. The van der Waals surface area contributed by atoms with Crippen LogP contribution in [0, 0.1) is 0 Å². The maximum atomic E-state index is 11.3. The van der Waals surface area contributed by atoms with E-state index in [4.69, 9.17) is 0 Å². The van der Waals surface area contributed by atoms with Crippen LogP contribution in [-0.2, 0) is 9.59 Å². The zero-order valence-electron chi connectivity index (χ0n) is 8.80. The molecular formula is C10H19NO2. The minimum Gasteiger partial charge on any atom is -0.346 e. The monoisotopic (exact) mass is 185 g/mol. The molecule has 0 aliphatic carbocycles. The first-order chi connectivity index (χ1) is 6.07. The van der Waals surface area contributed by atoms with Crippen molar-refractivity contribution in [2.75, 3.05) is 13.6 Å². The minimum atomic E-state index is 0.172. The van der Waals surface area contributed by atoms with Crippen molar-refractivity contribution in [2.45, 2.75) is 39.5 Å². The largest absolute Gasteiger partial charge is 0.346 e. The Morgan fingerprint density at radius 3 is 2.31 bits per heavy atom. The Hall–Kier alpha value is -0.860. The van der Waals surface area contributed by atoms with Gasteiger partial charge in [0.15, 0.2) is 0 Å². The molecule has 0 saturated carbocycles. The van der Waals surface area contributed by atoms with Gasteiger partial charge >= 0.3 is 0 Å². The Morgan fingerprint density at radius 1 is 1.23 bits per heavy atom. The van der Waals surface area contributed by atoms with Gasteiger partial charge in [0, 0.05) is 26.4 Å². The van der Waals surface area contributed by atoms with E-state index in [-0.39, 0.29) is 11.7 Å². The number of amides is 1. The van der Waals surface area contributed by atoms with E-state index in [9.17, 15) is 9.59 Å². The van der Waals surface area contributed by atoms with Gasteiger partial charge in [-0.15, -0.1) is 0 Å². The Balaban J connectivity index is 3.55. The standard InChI is InChI=1S/C10H19NO2/c1-4-6-10(13)11(3)8-5-7-9(2)12/h4-8H2,1-3H3. The molecule has 0 saturated heterocycles. The first-order valence-corrected chi connectivity index (χ1v) is 4.81. The minimum absolute atomic E-state index is 0.172. The molecule has 3 heteroatoms. The summed E-state index contributed by atoms with van der Waals surface area (Å²) in [7, 11) is 1.79. The second-order valence-electron chi connectivity index (χ2n) is 3.37. The molecule has 0 aliphatic heterocycles. The maximum absolute atomic E-state index is 11.3. The average molecular weight is 185 g/mol. The van der Waals surface area contributed by atoms with E-state index in [1.165, 1.54) is 0 Å². The molecule has 0 aliphatic rings. The number of Topliss-reactive ketones (excluding diaryl/α,β-unsaturated/α-hetero) is 1. The highest BCUT2D eigenvalue weighted by atomic mass is 16.2. The van der Waals surface area contributed by atoms with Crippen LogP contribution in [0.15, 0.2) is 0 Å². The third-order valence-electron chi connectivity index (χ3n) is 1.91. The second-order valence-corrected chi connectivity index (χ2v) is 3.37. The molecule has 1 amide bonds. The summed E-state index contributed by atoms with van der Waals surface area (Å²) in [6, 6.07) is 0. The van der Waals surface area contributed by atoms with Gasteiger partial charge in [-0.1, -0.05) is 6.92 Å². The summed E-state index contributed by atoms with van der Waals surface area (Å²) in [6.45, 7) is 4.26. The zero-order chi connectivity index (χ0) is 10.3. The molecule has 0 fully saturated rings. The van der Waals surface area contributed by atoms with Crippen molar-refractivity contribution >= 4 is 11.7 Å². The second kappa shape index (κ2) is 6.63. The van der Waals surface area contributed by atoms with Crippen LogP contribution in [-0.4, -0.2) is 30.2 Å². The zero-order valence-corrected chi connectivity index (χ0v) is 8.80. The number of ketones is 1. The summed E-state index contributed by atoms with van der Waals surface area (Å²) in [5.41, 5.74) is 0. The molecular weight excluding hydrogens is 166 g/mol. The van der Waals surface area contributed by atoms with Crippen LogP contribution in [0.25, 0.3) is 0 Å². The van der Waals surface area contributed by atoms with Gasteiger partial charge in [0.1, 0.15) is 5.78 Å². The molecule has 0 radical (unpaired) electrons. The first kappa shape index (κ1) is 12.1. The lowest BCUT2D eigenvalue weighted by Crippen LogP contribution is -2.27. The predicted molar refractivity (Wildman–Crippen MR) is 52.5 cm³/mol. The Labute approximate surface area is 80.1 Å². The van der Waals surface area contributed by atoms with Crippen LogP contribution in [0.3, 0.4) is 0 Å². The molecule has 0 aromatic carbocycles. The number of carbonyl (C=O) groups excluding carboxylic acids is 2. The van der Waals surface area contributed by atoms with Crippen molar-refractivity contribution in [3.8, 4) is 0 Å². The molecule has 0 aromatic heterocycles. The van der Waals surface area contributed by atoms with Crippen molar-refractivity contribution in [1.29, 1.82) is 0 Å². The Bertz CT molecular complexity index is 178. The van der Waals surface area contributed by atoms with Crippen LogP contribution in [0.1, 0.15) is 39.5 Å². The van der Waals surface area contributed by atoms with E-state index in [0.29, 0.717) is 19.4 Å². The molecule has 76 valence electrons. The molecule has 0 rings (SSSR count). The lowest BCUT2D eigenvalue weighted by molar-refractivity contribution is -0.130. The number of hydrogen-bond donors (Lipinski definition) is 0. The van der Waals surface area contributed by atoms with Crippen molar-refractivity contribution < 1.29 is 9.59 Å². The van der Waals surface area contributed by atoms with Gasteiger partial charge < -0.3 is 9.69 Å². The third kappa shape index (κ3) is 6.31. The number of hydrogen-bond acceptors (Lipinski definition) is 2. The van der Waals surface area contributed by atoms with Crippen LogP contribution in [0.5, 0.6) is 0 Å². The normalized spacial score (nSPS) is 9.77. The molecule has 0 heterocycles. The summed E-state index contributed by atoms with van der Waals surface area (Å²) >= 11 is 0. The molecule has 0 N–H and O–H groups in total. The number of carbonyl (C=O) groups is 2. The van der Waals surface area contributed by atoms with Crippen molar-refractivity contribution in [2.24, 2.45) is 0 Å². The van der Waals surface area contributed by atoms with E-state index in [1.807, 2.05) is 6.92 Å². The van der Waals surface area contributed by atoms with E-state index >= 15 is 0 Å². The van der Waals surface area contributed by atoms with Gasteiger partial charge in [0.05, 0.1) is 0 Å². The number of rotatable bonds is 6. The fourth-order valence-electron chi connectivity index (χ4n) is 1.09. The molecule has 13 heavy (non-hydrogen) atoms. The quantitative estimate of drug-likeness (QED) is 0.630. The topological polar surface area (TPSA) is 37.4 Å². The summed E-state index contributed by atoms with van der Waals surface area (Å²) in [5, 5.41) is 0. The van der Waals surface area contributed by atoms with Gasteiger partial charge in [-0.3, -0.25) is 4.79 Å². The molecule has 0 aromatic rings. The average Bonchev–Trinajstić information content (AvgIpc) is 2.04. The summed E-state index contributed by atoms with van der Waals surface area (Å²) in [6.07, 6.45) is 2.84. The van der Waals surface area contributed by atoms with Gasteiger partial charge in [-0.2, -0.15) is 0 Å². The first-order valence-electron chi connectivity index (χ1n) is 4.81. The van der Waals surface area contributed by atoms with Gasteiger partial charge in [0.2, 0.25) is 5.91 Å². The van der Waals surface area contributed by atoms with Gasteiger partial charge in [0.25, 0.3) is 0 Å². The molecule has 0 atom stereocenters. The summed E-state index contributed by atoms with van der Waals surface area (Å²) in [4.78, 5) is 23.6. The van der Waals surface area contributed by atoms with Crippen molar-refractivity contribution in [3.05, 3.63) is 0 Å². The number of nitrogens with zero attached hydrogens (tertiary/aromatic N) is 1. The molecule has 0 bridgehead atoms. The van der Waals surface area contributed by atoms with Crippen LogP contribution in [0.4, 0.5) is 0 Å². The highest BCUT2D eigenvalue weighted by Gasteiger charge is 2.06. The lowest BCUT2D eigenvalue weighted by atomic mass is 10.2. The smallest absolute Gasteiger partial charge is 0.222 e. The Kier molecular flexibility index (Phi) is 6.20. The lowest BCUT2D eigenvalue weighted by Gasteiger charge is -2.15. The summed E-state index contributed by atoms with van der Waals surface area (Å²) < 4.78 is 0. The van der Waals surface area contributed by atoms with Crippen LogP contribution in [0.2, 0.25) is 0 Å². The van der Waals surface area contributed by atoms with E-state index in [0.717, 1.165) is 12.8 Å². The SMILES string of the molecule is CCCC(=O)N(C)CCCC(C)=O. The van der Waals surface area contributed by atoms with Crippen molar-refractivity contribution in [1.82, 2.24) is 4.90 Å². The van der Waals surface area contributed by atoms with E-state index in [2.05, 4.69) is 0 Å². The maximum Gasteiger partial charge on any atom is 0.222 e. The Morgan fingerprint density at radius 2 is 1.85 bits per heavy atom. The van der Waals surface area contributed by atoms with Crippen molar-refractivity contribution in [3.63, 3.8) is 0 Å². The fourth-order valence-corrected chi connectivity index (χ4v) is 1.09. The molecule has 0 unspecified atom stereocenters.